The lowest BCUT2D eigenvalue weighted by atomic mass is 9.93. The summed E-state index contributed by atoms with van der Waals surface area (Å²) >= 11 is 0. The Balaban J connectivity index is 1.02. The Hall–Kier alpha value is -7.48. The third-order valence-corrected chi connectivity index (χ3v) is 11.6. The maximum Gasteiger partial charge on any atom is 0.0540 e. The second-order valence-electron chi connectivity index (χ2n) is 14.9. The van der Waals surface area contributed by atoms with Crippen molar-refractivity contribution in [2.45, 2.75) is 0 Å². The molecule has 1 heteroatoms. The van der Waals surface area contributed by atoms with Crippen LogP contribution < -0.4 is 4.90 Å². The van der Waals surface area contributed by atoms with Crippen LogP contribution in [0.1, 0.15) is 0 Å². The monoisotopic (exact) mass is 723 g/mol. The van der Waals surface area contributed by atoms with Gasteiger partial charge in [-0.25, -0.2) is 0 Å². The molecule has 0 aromatic heterocycles. The van der Waals surface area contributed by atoms with E-state index in [1.807, 2.05) is 0 Å². The van der Waals surface area contributed by atoms with Crippen LogP contribution in [0.25, 0.3) is 87.2 Å². The highest BCUT2D eigenvalue weighted by Gasteiger charge is 2.18. The second kappa shape index (κ2) is 13.7. The summed E-state index contributed by atoms with van der Waals surface area (Å²) in [6.45, 7) is 0. The van der Waals surface area contributed by atoms with Crippen LogP contribution in [0.5, 0.6) is 0 Å². The molecule has 11 aromatic carbocycles. The SMILES string of the molecule is c1ccc(-c2ccccc2N(c2ccc(-c3ccc4c(ccc5ccc6ccccc6c54)c3)cc2)c2ccc(-c3cc4ccccc4c4ccccc34)cc2)cc1. The average Bonchev–Trinajstić information content (AvgIpc) is 3.29. The minimum atomic E-state index is 1.10. The van der Waals surface area contributed by atoms with Gasteiger partial charge in [-0.3, -0.25) is 0 Å². The minimum absolute atomic E-state index is 1.10. The number of nitrogens with zero attached hydrogens (tertiary/aromatic N) is 1. The fourth-order valence-electron chi connectivity index (χ4n) is 8.86. The van der Waals surface area contributed by atoms with Crippen molar-refractivity contribution in [1.82, 2.24) is 0 Å². The van der Waals surface area contributed by atoms with Crippen molar-refractivity contribution >= 4 is 70.9 Å². The Morgan fingerprint density at radius 1 is 0.246 bits per heavy atom. The molecule has 0 unspecified atom stereocenters. The molecular formula is C56H37N. The summed E-state index contributed by atoms with van der Waals surface area (Å²) in [5.41, 5.74) is 10.5. The van der Waals surface area contributed by atoms with E-state index in [4.69, 9.17) is 0 Å². The van der Waals surface area contributed by atoms with E-state index in [0.717, 1.165) is 17.1 Å². The molecule has 0 N–H and O–H groups in total. The van der Waals surface area contributed by atoms with Crippen molar-refractivity contribution in [1.29, 1.82) is 0 Å². The third-order valence-electron chi connectivity index (χ3n) is 11.6. The molecule has 11 rings (SSSR count). The number of hydrogen-bond acceptors (Lipinski definition) is 1. The molecule has 0 saturated heterocycles. The summed E-state index contributed by atoms with van der Waals surface area (Å²) < 4.78 is 0. The van der Waals surface area contributed by atoms with E-state index in [9.17, 15) is 0 Å². The Kier molecular flexibility index (Phi) is 7.89. The van der Waals surface area contributed by atoms with Crippen LogP contribution in [-0.4, -0.2) is 0 Å². The molecule has 0 bridgehead atoms. The fraction of sp³-hybridized carbons (Fsp3) is 0. The number of fused-ring (bicyclic) bond motifs is 8. The zero-order valence-corrected chi connectivity index (χ0v) is 31.3. The zero-order valence-electron chi connectivity index (χ0n) is 31.3. The summed E-state index contributed by atoms with van der Waals surface area (Å²) in [5, 5.41) is 12.8. The predicted octanol–water partition coefficient (Wildman–Crippen LogP) is 15.9. The highest BCUT2D eigenvalue weighted by Crippen LogP contribution is 2.43. The lowest BCUT2D eigenvalue weighted by Crippen LogP contribution is -2.11. The largest absolute Gasteiger partial charge is 0.310 e. The maximum atomic E-state index is 2.39. The van der Waals surface area contributed by atoms with Gasteiger partial charge in [-0.2, -0.15) is 0 Å². The Morgan fingerprint density at radius 2 is 0.754 bits per heavy atom. The first kappa shape index (κ1) is 32.9. The summed E-state index contributed by atoms with van der Waals surface area (Å²) in [6, 6.07) is 82.0. The van der Waals surface area contributed by atoms with E-state index >= 15 is 0 Å². The van der Waals surface area contributed by atoms with Gasteiger partial charge in [0.05, 0.1) is 5.69 Å². The maximum absolute atomic E-state index is 2.39. The Labute approximate surface area is 332 Å². The average molecular weight is 724 g/mol. The molecule has 0 aliphatic rings. The topological polar surface area (TPSA) is 3.24 Å². The number of rotatable bonds is 6. The first-order valence-corrected chi connectivity index (χ1v) is 19.7. The van der Waals surface area contributed by atoms with Gasteiger partial charge in [0.1, 0.15) is 0 Å². The predicted molar refractivity (Wildman–Crippen MR) is 245 cm³/mol. The number of hydrogen-bond donors (Lipinski definition) is 0. The molecule has 11 aromatic rings. The van der Waals surface area contributed by atoms with Crippen LogP contribution in [0.15, 0.2) is 224 Å². The van der Waals surface area contributed by atoms with Crippen molar-refractivity contribution in [3.05, 3.63) is 224 Å². The standard InChI is InChI=1S/C56H37N/c1-2-12-39(13-3-1)49-17-10-11-21-55(49)57(47-33-28-41(29-34-47)54-37-44-15-5-6-16-48(44)52-19-8-9-20-53(52)54)46-31-26-38(27-32-46)43-30-35-51-45(36-43)25-24-42-23-22-40-14-4-7-18-50(40)56(42)51/h1-37H. The molecule has 0 heterocycles. The summed E-state index contributed by atoms with van der Waals surface area (Å²) in [4.78, 5) is 2.39. The van der Waals surface area contributed by atoms with Crippen molar-refractivity contribution in [3.8, 4) is 33.4 Å². The van der Waals surface area contributed by atoms with Gasteiger partial charge >= 0.3 is 0 Å². The van der Waals surface area contributed by atoms with Crippen LogP contribution in [0.4, 0.5) is 17.1 Å². The van der Waals surface area contributed by atoms with E-state index in [1.165, 1.54) is 87.2 Å². The van der Waals surface area contributed by atoms with Crippen LogP contribution in [0, 0.1) is 0 Å². The summed E-state index contributed by atoms with van der Waals surface area (Å²) in [7, 11) is 0. The van der Waals surface area contributed by atoms with E-state index < -0.39 is 0 Å². The quantitative estimate of drug-likeness (QED) is 0.154. The molecule has 0 radical (unpaired) electrons. The summed E-state index contributed by atoms with van der Waals surface area (Å²) in [5.74, 6) is 0. The lowest BCUT2D eigenvalue weighted by Gasteiger charge is -2.28. The molecular weight excluding hydrogens is 687 g/mol. The minimum Gasteiger partial charge on any atom is -0.310 e. The normalized spacial score (nSPS) is 11.5. The van der Waals surface area contributed by atoms with Crippen LogP contribution in [-0.2, 0) is 0 Å². The van der Waals surface area contributed by atoms with E-state index in [0.29, 0.717) is 0 Å². The molecule has 266 valence electrons. The van der Waals surface area contributed by atoms with Gasteiger partial charge in [0.25, 0.3) is 0 Å². The van der Waals surface area contributed by atoms with Crippen molar-refractivity contribution in [2.75, 3.05) is 4.90 Å². The number of para-hydroxylation sites is 1. The van der Waals surface area contributed by atoms with E-state index in [1.54, 1.807) is 0 Å². The van der Waals surface area contributed by atoms with Gasteiger partial charge in [-0.1, -0.05) is 182 Å². The van der Waals surface area contributed by atoms with Crippen LogP contribution >= 0.6 is 0 Å². The van der Waals surface area contributed by atoms with E-state index in [-0.39, 0.29) is 0 Å². The molecule has 57 heavy (non-hydrogen) atoms. The molecule has 1 nitrogen and oxygen atoms in total. The van der Waals surface area contributed by atoms with Gasteiger partial charge in [0.15, 0.2) is 0 Å². The van der Waals surface area contributed by atoms with Crippen LogP contribution in [0.3, 0.4) is 0 Å². The first-order chi connectivity index (χ1) is 28.3. The van der Waals surface area contributed by atoms with Gasteiger partial charge < -0.3 is 4.90 Å². The fourth-order valence-corrected chi connectivity index (χ4v) is 8.86. The van der Waals surface area contributed by atoms with Crippen molar-refractivity contribution in [3.63, 3.8) is 0 Å². The zero-order chi connectivity index (χ0) is 37.7. The highest BCUT2D eigenvalue weighted by atomic mass is 15.1. The molecule has 0 fully saturated rings. The molecule has 0 aliphatic carbocycles. The molecule has 0 atom stereocenters. The summed E-state index contributed by atoms with van der Waals surface area (Å²) in [6.07, 6.45) is 0. The molecule has 0 amide bonds. The van der Waals surface area contributed by atoms with Crippen molar-refractivity contribution in [2.24, 2.45) is 0 Å². The number of benzene rings is 11. The van der Waals surface area contributed by atoms with Crippen molar-refractivity contribution < 1.29 is 0 Å². The van der Waals surface area contributed by atoms with Gasteiger partial charge in [-0.05, 0) is 124 Å². The van der Waals surface area contributed by atoms with Gasteiger partial charge in [-0.15, -0.1) is 0 Å². The third kappa shape index (κ3) is 5.72. The molecule has 0 aliphatic heterocycles. The van der Waals surface area contributed by atoms with E-state index in [2.05, 4.69) is 229 Å². The lowest BCUT2D eigenvalue weighted by molar-refractivity contribution is 1.28. The smallest absolute Gasteiger partial charge is 0.0540 e. The number of anilines is 3. The molecule has 0 saturated carbocycles. The first-order valence-electron chi connectivity index (χ1n) is 19.7. The highest BCUT2D eigenvalue weighted by molar-refractivity contribution is 6.20. The Morgan fingerprint density at radius 3 is 1.53 bits per heavy atom. The van der Waals surface area contributed by atoms with Gasteiger partial charge in [0.2, 0.25) is 0 Å². The van der Waals surface area contributed by atoms with Crippen LogP contribution in [0.2, 0.25) is 0 Å². The molecule has 0 spiro atoms. The van der Waals surface area contributed by atoms with Gasteiger partial charge in [0, 0.05) is 16.9 Å². The second-order valence-corrected chi connectivity index (χ2v) is 14.9. The Bertz CT molecular complexity index is 3270.